The highest BCUT2D eigenvalue weighted by Crippen LogP contribution is 2.11. The Morgan fingerprint density at radius 3 is 2.20 bits per heavy atom. The van der Waals surface area contributed by atoms with E-state index in [1.54, 1.807) is 0 Å². The zero-order chi connectivity index (χ0) is 11.4. The van der Waals surface area contributed by atoms with Crippen molar-refractivity contribution in [3.63, 3.8) is 0 Å². The lowest BCUT2D eigenvalue weighted by Gasteiger charge is -2.38. The topological polar surface area (TPSA) is 23.6 Å². The third-order valence-corrected chi connectivity index (χ3v) is 3.57. The van der Waals surface area contributed by atoms with Gasteiger partial charge in [0.1, 0.15) is 0 Å². The molecule has 1 heterocycles. The van der Waals surface area contributed by atoms with E-state index in [2.05, 4.69) is 34.7 Å². The molecule has 1 aliphatic heterocycles. The maximum Gasteiger partial charge on any atom is 0.236 e. The van der Waals surface area contributed by atoms with E-state index in [4.69, 9.17) is 0 Å². The van der Waals surface area contributed by atoms with Crippen LogP contribution >= 0.6 is 15.9 Å². The molecule has 1 fully saturated rings. The Hall–Kier alpha value is -0.0900. The van der Waals surface area contributed by atoms with Gasteiger partial charge in [0.05, 0.1) is 4.83 Å². The lowest BCUT2D eigenvalue weighted by Crippen LogP contribution is -2.52. The van der Waals surface area contributed by atoms with Crippen LogP contribution in [0.2, 0.25) is 0 Å². The summed E-state index contributed by atoms with van der Waals surface area (Å²) in [5.74, 6) is 0.221. The molecular formula is C11H21BrN2O. The van der Waals surface area contributed by atoms with Crippen molar-refractivity contribution < 1.29 is 4.79 Å². The summed E-state index contributed by atoms with van der Waals surface area (Å²) in [6, 6.07) is 0.642. The number of carbonyl (C=O) groups is 1. The number of carbonyl (C=O) groups excluding carboxylic acids is 1. The van der Waals surface area contributed by atoms with Crippen LogP contribution in [0.25, 0.3) is 0 Å². The fourth-order valence-corrected chi connectivity index (χ4v) is 2.18. The van der Waals surface area contributed by atoms with Gasteiger partial charge in [-0.15, -0.1) is 0 Å². The minimum Gasteiger partial charge on any atom is -0.339 e. The van der Waals surface area contributed by atoms with Crippen LogP contribution in [-0.4, -0.2) is 52.8 Å². The van der Waals surface area contributed by atoms with Gasteiger partial charge in [0.2, 0.25) is 5.91 Å². The Morgan fingerprint density at radius 2 is 1.80 bits per heavy atom. The number of rotatable bonds is 3. The third-order valence-electron chi connectivity index (χ3n) is 3.18. The van der Waals surface area contributed by atoms with Gasteiger partial charge < -0.3 is 4.90 Å². The molecule has 0 aromatic rings. The van der Waals surface area contributed by atoms with Gasteiger partial charge in [0, 0.05) is 32.2 Å². The molecule has 1 amide bonds. The number of hydrogen-bond acceptors (Lipinski definition) is 2. The molecule has 0 radical (unpaired) electrons. The van der Waals surface area contributed by atoms with Crippen LogP contribution < -0.4 is 0 Å². The summed E-state index contributed by atoms with van der Waals surface area (Å²) in [7, 11) is 0. The van der Waals surface area contributed by atoms with Crippen LogP contribution in [0, 0.1) is 0 Å². The molecule has 4 heteroatoms. The van der Waals surface area contributed by atoms with Gasteiger partial charge in [-0.1, -0.05) is 22.9 Å². The van der Waals surface area contributed by atoms with Crippen LogP contribution in [0.3, 0.4) is 0 Å². The van der Waals surface area contributed by atoms with Crippen LogP contribution in [0.1, 0.15) is 27.2 Å². The normalized spacial score (nSPS) is 22.5. The Balaban J connectivity index is 2.39. The van der Waals surface area contributed by atoms with Crippen LogP contribution in [0.5, 0.6) is 0 Å². The number of nitrogens with zero attached hydrogens (tertiary/aromatic N) is 2. The average Bonchev–Trinajstić information content (AvgIpc) is 2.27. The smallest absolute Gasteiger partial charge is 0.236 e. The zero-order valence-corrected chi connectivity index (χ0v) is 11.5. The quantitative estimate of drug-likeness (QED) is 0.733. The van der Waals surface area contributed by atoms with E-state index in [0.29, 0.717) is 6.04 Å². The molecule has 1 rings (SSSR count). The fourth-order valence-electron chi connectivity index (χ4n) is 1.89. The zero-order valence-electron chi connectivity index (χ0n) is 9.87. The summed E-state index contributed by atoms with van der Waals surface area (Å²) in [6.07, 6.45) is 1.18. The standard InChI is InChI=1S/C11H21BrN2O/c1-4-9(2)13-5-7-14(8-6-13)11(15)10(3)12/h9-10H,4-8H2,1-3H3. The van der Waals surface area contributed by atoms with Crippen molar-refractivity contribution in [3.05, 3.63) is 0 Å². The van der Waals surface area contributed by atoms with Gasteiger partial charge in [-0.2, -0.15) is 0 Å². The van der Waals surface area contributed by atoms with Crippen molar-refractivity contribution in [3.8, 4) is 0 Å². The number of amides is 1. The first-order valence-corrected chi connectivity index (χ1v) is 6.64. The molecular weight excluding hydrogens is 256 g/mol. The number of hydrogen-bond donors (Lipinski definition) is 0. The summed E-state index contributed by atoms with van der Waals surface area (Å²) < 4.78 is 0. The molecule has 0 spiro atoms. The Labute approximate surface area is 101 Å². The third kappa shape index (κ3) is 3.45. The second kappa shape index (κ2) is 5.85. The van der Waals surface area contributed by atoms with Gasteiger partial charge >= 0.3 is 0 Å². The lowest BCUT2D eigenvalue weighted by atomic mass is 10.2. The maximum absolute atomic E-state index is 11.7. The second-order valence-electron chi connectivity index (χ2n) is 4.23. The maximum atomic E-state index is 11.7. The fraction of sp³-hybridized carbons (Fsp3) is 0.909. The minimum absolute atomic E-state index is 0.0485. The Kier molecular flexibility index (Phi) is 5.06. The molecule has 2 atom stereocenters. The molecule has 0 bridgehead atoms. The van der Waals surface area contributed by atoms with E-state index in [1.165, 1.54) is 6.42 Å². The van der Waals surface area contributed by atoms with Gasteiger partial charge in [-0.25, -0.2) is 0 Å². The highest BCUT2D eigenvalue weighted by molar-refractivity contribution is 9.10. The highest BCUT2D eigenvalue weighted by atomic mass is 79.9. The first-order chi connectivity index (χ1) is 7.06. The van der Waals surface area contributed by atoms with Crippen molar-refractivity contribution >= 4 is 21.8 Å². The van der Waals surface area contributed by atoms with Crippen molar-refractivity contribution in [1.82, 2.24) is 9.80 Å². The van der Waals surface area contributed by atoms with Crippen LogP contribution in [0.15, 0.2) is 0 Å². The number of piperazine rings is 1. The predicted molar refractivity (Wildman–Crippen MR) is 66.3 cm³/mol. The average molecular weight is 277 g/mol. The molecule has 1 saturated heterocycles. The van der Waals surface area contributed by atoms with Crippen molar-refractivity contribution in [2.24, 2.45) is 0 Å². The molecule has 88 valence electrons. The molecule has 0 aromatic heterocycles. The Morgan fingerprint density at radius 1 is 1.27 bits per heavy atom. The molecule has 0 N–H and O–H groups in total. The lowest BCUT2D eigenvalue weighted by molar-refractivity contribution is -0.132. The molecule has 0 saturated carbocycles. The molecule has 15 heavy (non-hydrogen) atoms. The number of alkyl halides is 1. The second-order valence-corrected chi connectivity index (χ2v) is 5.61. The monoisotopic (exact) mass is 276 g/mol. The number of halogens is 1. The molecule has 3 nitrogen and oxygen atoms in total. The van der Waals surface area contributed by atoms with Gasteiger partial charge in [0.15, 0.2) is 0 Å². The summed E-state index contributed by atoms with van der Waals surface area (Å²) in [4.78, 5) is 16.1. The largest absolute Gasteiger partial charge is 0.339 e. The van der Waals surface area contributed by atoms with Crippen molar-refractivity contribution in [2.75, 3.05) is 26.2 Å². The van der Waals surface area contributed by atoms with Crippen molar-refractivity contribution in [2.45, 2.75) is 38.1 Å². The van der Waals surface area contributed by atoms with E-state index < -0.39 is 0 Å². The molecule has 2 unspecified atom stereocenters. The van der Waals surface area contributed by atoms with Gasteiger partial charge in [-0.05, 0) is 20.3 Å². The minimum atomic E-state index is -0.0485. The first kappa shape index (κ1) is 13.0. The van der Waals surface area contributed by atoms with Crippen LogP contribution in [0.4, 0.5) is 0 Å². The summed E-state index contributed by atoms with van der Waals surface area (Å²) in [5.41, 5.74) is 0. The summed E-state index contributed by atoms with van der Waals surface area (Å²) in [6.45, 7) is 10.1. The Bertz CT molecular complexity index is 213. The summed E-state index contributed by atoms with van der Waals surface area (Å²) >= 11 is 3.33. The predicted octanol–water partition coefficient (Wildman–Crippen LogP) is 1.71. The first-order valence-electron chi connectivity index (χ1n) is 5.73. The molecule has 0 aliphatic carbocycles. The molecule has 0 aromatic carbocycles. The van der Waals surface area contributed by atoms with E-state index in [-0.39, 0.29) is 10.7 Å². The van der Waals surface area contributed by atoms with Crippen molar-refractivity contribution in [1.29, 1.82) is 0 Å². The SMILES string of the molecule is CCC(C)N1CCN(C(=O)C(C)Br)CC1. The summed E-state index contributed by atoms with van der Waals surface area (Å²) in [5, 5.41) is 0. The van der Waals surface area contributed by atoms with Gasteiger partial charge in [0.25, 0.3) is 0 Å². The van der Waals surface area contributed by atoms with Crippen LogP contribution in [-0.2, 0) is 4.79 Å². The highest BCUT2D eigenvalue weighted by Gasteiger charge is 2.24. The van der Waals surface area contributed by atoms with E-state index in [1.807, 2.05) is 11.8 Å². The van der Waals surface area contributed by atoms with E-state index in [9.17, 15) is 4.79 Å². The van der Waals surface area contributed by atoms with E-state index >= 15 is 0 Å². The van der Waals surface area contributed by atoms with Gasteiger partial charge in [-0.3, -0.25) is 9.69 Å². The molecule has 1 aliphatic rings. The van der Waals surface area contributed by atoms with E-state index in [0.717, 1.165) is 26.2 Å².